The SMILES string of the molecule is Cc1cccc(-c2noc(C(=O)NCCNC(=O)c3ccco3)n2)c1. The second-order valence-corrected chi connectivity index (χ2v) is 5.28. The minimum absolute atomic E-state index is 0.131. The minimum atomic E-state index is -0.501. The first kappa shape index (κ1) is 16.4. The zero-order chi connectivity index (χ0) is 17.6. The van der Waals surface area contributed by atoms with Crippen molar-refractivity contribution in [3.8, 4) is 11.4 Å². The third-order valence-electron chi connectivity index (χ3n) is 3.34. The quantitative estimate of drug-likeness (QED) is 0.662. The zero-order valence-corrected chi connectivity index (χ0v) is 13.5. The Kier molecular flexibility index (Phi) is 4.89. The number of hydrogen-bond acceptors (Lipinski definition) is 6. The predicted molar refractivity (Wildman–Crippen MR) is 87.8 cm³/mol. The Bertz CT molecular complexity index is 870. The molecule has 0 saturated heterocycles. The van der Waals surface area contributed by atoms with Gasteiger partial charge in [-0.3, -0.25) is 9.59 Å². The number of benzene rings is 1. The summed E-state index contributed by atoms with van der Waals surface area (Å²) in [5.41, 5.74) is 1.83. The Morgan fingerprint density at radius 3 is 2.60 bits per heavy atom. The maximum atomic E-state index is 12.0. The fraction of sp³-hybridized carbons (Fsp3) is 0.176. The molecule has 0 aliphatic carbocycles. The van der Waals surface area contributed by atoms with Gasteiger partial charge in [-0.15, -0.1) is 0 Å². The van der Waals surface area contributed by atoms with Crippen molar-refractivity contribution in [1.82, 2.24) is 20.8 Å². The van der Waals surface area contributed by atoms with E-state index in [9.17, 15) is 9.59 Å². The summed E-state index contributed by atoms with van der Waals surface area (Å²) < 4.78 is 9.95. The molecule has 2 heterocycles. The largest absolute Gasteiger partial charge is 0.459 e. The summed E-state index contributed by atoms with van der Waals surface area (Å²) in [5, 5.41) is 9.02. The molecule has 0 unspecified atom stereocenters. The third-order valence-corrected chi connectivity index (χ3v) is 3.34. The maximum Gasteiger partial charge on any atom is 0.316 e. The van der Waals surface area contributed by atoms with E-state index in [4.69, 9.17) is 8.94 Å². The number of nitrogens with zero attached hydrogens (tertiary/aromatic N) is 2. The van der Waals surface area contributed by atoms with Gasteiger partial charge in [0.05, 0.1) is 6.26 Å². The molecule has 0 spiro atoms. The smallest absolute Gasteiger partial charge is 0.316 e. The Morgan fingerprint density at radius 2 is 1.88 bits per heavy atom. The van der Waals surface area contributed by atoms with Gasteiger partial charge in [-0.05, 0) is 25.1 Å². The summed E-state index contributed by atoms with van der Waals surface area (Å²) in [6.07, 6.45) is 1.41. The Hall–Kier alpha value is -3.42. The number of furan rings is 1. The van der Waals surface area contributed by atoms with Crippen LogP contribution in [-0.2, 0) is 0 Å². The monoisotopic (exact) mass is 340 g/mol. The number of aryl methyl sites for hydroxylation is 1. The van der Waals surface area contributed by atoms with Crippen LogP contribution in [0.1, 0.15) is 26.8 Å². The lowest BCUT2D eigenvalue weighted by molar-refractivity contribution is 0.0891. The average molecular weight is 340 g/mol. The van der Waals surface area contributed by atoms with Gasteiger partial charge in [0.15, 0.2) is 5.76 Å². The van der Waals surface area contributed by atoms with E-state index in [1.165, 1.54) is 6.26 Å². The van der Waals surface area contributed by atoms with Crippen LogP contribution in [-0.4, -0.2) is 35.0 Å². The van der Waals surface area contributed by atoms with Crippen molar-refractivity contribution in [2.45, 2.75) is 6.92 Å². The van der Waals surface area contributed by atoms with Gasteiger partial charge < -0.3 is 19.6 Å². The van der Waals surface area contributed by atoms with E-state index in [2.05, 4.69) is 20.8 Å². The standard InChI is InChI=1S/C17H16N4O4/c1-11-4-2-5-12(10-11)14-20-17(25-21-14)16(23)19-8-7-18-15(22)13-6-3-9-24-13/h2-6,9-10H,7-8H2,1H3,(H,18,22)(H,19,23). The fourth-order valence-corrected chi connectivity index (χ4v) is 2.14. The number of nitrogens with one attached hydrogen (secondary N) is 2. The minimum Gasteiger partial charge on any atom is -0.459 e. The van der Waals surface area contributed by atoms with E-state index in [0.717, 1.165) is 11.1 Å². The Balaban J connectivity index is 1.50. The van der Waals surface area contributed by atoms with E-state index in [1.807, 2.05) is 31.2 Å². The average Bonchev–Trinajstić information content (AvgIpc) is 3.30. The summed E-state index contributed by atoms with van der Waals surface area (Å²) in [7, 11) is 0. The third kappa shape index (κ3) is 4.11. The molecule has 0 aliphatic rings. The van der Waals surface area contributed by atoms with Crippen LogP contribution < -0.4 is 10.6 Å². The van der Waals surface area contributed by atoms with Crippen LogP contribution >= 0.6 is 0 Å². The number of aromatic nitrogens is 2. The molecule has 8 nitrogen and oxygen atoms in total. The summed E-state index contributed by atoms with van der Waals surface area (Å²) in [5.74, 6) is -0.419. The molecule has 0 radical (unpaired) electrons. The van der Waals surface area contributed by atoms with Crippen molar-refractivity contribution >= 4 is 11.8 Å². The van der Waals surface area contributed by atoms with E-state index in [0.29, 0.717) is 5.82 Å². The number of hydrogen-bond donors (Lipinski definition) is 2. The number of carbonyl (C=O) groups is 2. The van der Waals surface area contributed by atoms with Gasteiger partial charge >= 0.3 is 11.8 Å². The summed E-state index contributed by atoms with van der Waals surface area (Å²) in [4.78, 5) is 27.7. The number of amides is 2. The molecule has 2 amide bonds. The lowest BCUT2D eigenvalue weighted by Gasteiger charge is -2.03. The van der Waals surface area contributed by atoms with Crippen LogP contribution in [0.5, 0.6) is 0 Å². The highest BCUT2D eigenvalue weighted by Gasteiger charge is 2.16. The van der Waals surface area contributed by atoms with E-state index < -0.39 is 5.91 Å². The molecule has 2 aromatic heterocycles. The second-order valence-electron chi connectivity index (χ2n) is 5.28. The van der Waals surface area contributed by atoms with Crippen LogP contribution in [0.25, 0.3) is 11.4 Å². The van der Waals surface area contributed by atoms with Crippen molar-refractivity contribution in [2.75, 3.05) is 13.1 Å². The highest BCUT2D eigenvalue weighted by Crippen LogP contribution is 2.16. The van der Waals surface area contributed by atoms with Crippen LogP contribution in [0, 0.1) is 6.92 Å². The first-order valence-electron chi connectivity index (χ1n) is 7.64. The lowest BCUT2D eigenvalue weighted by Crippen LogP contribution is -2.34. The molecule has 0 atom stereocenters. The van der Waals surface area contributed by atoms with Crippen molar-refractivity contribution in [1.29, 1.82) is 0 Å². The van der Waals surface area contributed by atoms with Crippen LogP contribution in [0.4, 0.5) is 0 Å². The molecule has 1 aromatic carbocycles. The van der Waals surface area contributed by atoms with Crippen LogP contribution in [0.15, 0.2) is 51.6 Å². The summed E-state index contributed by atoms with van der Waals surface area (Å²) in [6, 6.07) is 10.7. The molecule has 0 bridgehead atoms. The molecular weight excluding hydrogens is 324 g/mol. The lowest BCUT2D eigenvalue weighted by atomic mass is 10.1. The van der Waals surface area contributed by atoms with Gasteiger partial charge in [-0.25, -0.2) is 0 Å². The van der Waals surface area contributed by atoms with Gasteiger partial charge in [-0.1, -0.05) is 28.9 Å². The van der Waals surface area contributed by atoms with Gasteiger partial charge in [0.1, 0.15) is 0 Å². The normalized spacial score (nSPS) is 10.4. The van der Waals surface area contributed by atoms with Gasteiger partial charge in [0, 0.05) is 18.7 Å². The first-order chi connectivity index (χ1) is 12.1. The predicted octanol–water partition coefficient (Wildman–Crippen LogP) is 1.80. The molecule has 0 fully saturated rings. The van der Waals surface area contributed by atoms with Gasteiger partial charge in [-0.2, -0.15) is 4.98 Å². The maximum absolute atomic E-state index is 12.0. The molecule has 0 saturated carbocycles. The van der Waals surface area contributed by atoms with Gasteiger partial charge in [0.25, 0.3) is 5.91 Å². The number of rotatable bonds is 6. The van der Waals surface area contributed by atoms with Crippen LogP contribution in [0.2, 0.25) is 0 Å². The van der Waals surface area contributed by atoms with Crippen molar-refractivity contribution in [2.24, 2.45) is 0 Å². The number of carbonyl (C=O) groups excluding carboxylic acids is 2. The molecule has 2 N–H and O–H groups in total. The van der Waals surface area contributed by atoms with E-state index in [-0.39, 0.29) is 30.6 Å². The highest BCUT2D eigenvalue weighted by molar-refractivity contribution is 5.91. The van der Waals surface area contributed by atoms with E-state index >= 15 is 0 Å². The molecule has 3 rings (SSSR count). The summed E-state index contributed by atoms with van der Waals surface area (Å²) >= 11 is 0. The summed E-state index contributed by atoms with van der Waals surface area (Å²) in [6.45, 7) is 2.41. The second kappa shape index (κ2) is 7.43. The Morgan fingerprint density at radius 1 is 1.08 bits per heavy atom. The van der Waals surface area contributed by atoms with E-state index in [1.54, 1.807) is 12.1 Å². The molecule has 128 valence electrons. The fourth-order valence-electron chi connectivity index (χ4n) is 2.14. The van der Waals surface area contributed by atoms with Crippen molar-refractivity contribution in [3.05, 3.63) is 59.9 Å². The molecule has 3 aromatic rings. The molecule has 0 aliphatic heterocycles. The van der Waals surface area contributed by atoms with Crippen molar-refractivity contribution in [3.63, 3.8) is 0 Å². The van der Waals surface area contributed by atoms with Gasteiger partial charge in [0.2, 0.25) is 5.82 Å². The highest BCUT2D eigenvalue weighted by atomic mass is 16.5. The molecule has 25 heavy (non-hydrogen) atoms. The topological polar surface area (TPSA) is 110 Å². The zero-order valence-electron chi connectivity index (χ0n) is 13.5. The first-order valence-corrected chi connectivity index (χ1v) is 7.64. The molecular formula is C17H16N4O4. The van der Waals surface area contributed by atoms with Crippen LogP contribution in [0.3, 0.4) is 0 Å². The van der Waals surface area contributed by atoms with Crippen molar-refractivity contribution < 1.29 is 18.5 Å². The molecule has 8 heteroatoms. The Labute approximate surface area is 143 Å².